The fraction of sp³-hybridized carbons (Fsp3) is 0.857. The molecule has 0 bridgehead atoms. The molecule has 0 saturated heterocycles. The molecule has 0 radical (unpaired) electrons. The average molecular weight is 226 g/mol. The lowest BCUT2D eigenvalue weighted by atomic mass is 9.94. The van der Waals surface area contributed by atoms with Gasteiger partial charge in [0.05, 0.1) is 13.2 Å². The van der Waals surface area contributed by atoms with E-state index < -0.39 is 32.2 Å². The van der Waals surface area contributed by atoms with E-state index in [2.05, 4.69) is 9.05 Å². The van der Waals surface area contributed by atoms with Gasteiger partial charge in [0.25, 0.3) is 0 Å². The van der Waals surface area contributed by atoms with Crippen molar-refractivity contribution in [1.29, 1.82) is 0 Å². The minimum atomic E-state index is -3.42. The Balaban J connectivity index is 4.56. The van der Waals surface area contributed by atoms with Gasteiger partial charge in [-0.3, -0.25) is 4.79 Å². The van der Waals surface area contributed by atoms with Crippen LogP contribution in [0.5, 0.6) is 0 Å². The van der Waals surface area contributed by atoms with Gasteiger partial charge in [0.1, 0.15) is 5.41 Å². The van der Waals surface area contributed by atoms with Crippen molar-refractivity contribution >= 4 is 13.6 Å². The third kappa shape index (κ3) is 3.38. The Kier molecular flexibility index (Phi) is 4.74. The summed E-state index contributed by atoms with van der Waals surface area (Å²) >= 11 is 0. The standard InChI is InChI=1S/C7H15O6P/c1-7(4-8,5-9)6(10)13-14(3,11)12-2/h8-9H,4-5H2,1-3H3. The maximum atomic E-state index is 11.3. The van der Waals surface area contributed by atoms with E-state index in [0.29, 0.717) is 0 Å². The van der Waals surface area contributed by atoms with Crippen LogP contribution in [0.3, 0.4) is 0 Å². The summed E-state index contributed by atoms with van der Waals surface area (Å²) in [7, 11) is -2.28. The van der Waals surface area contributed by atoms with Gasteiger partial charge in [-0.25, -0.2) is 4.57 Å². The predicted molar refractivity (Wildman–Crippen MR) is 48.9 cm³/mol. The fourth-order valence-corrected chi connectivity index (χ4v) is 1.07. The molecule has 0 aliphatic heterocycles. The van der Waals surface area contributed by atoms with Crippen molar-refractivity contribution < 1.29 is 28.6 Å². The molecule has 0 rings (SSSR count). The molecule has 2 N–H and O–H groups in total. The van der Waals surface area contributed by atoms with Crippen molar-refractivity contribution in [2.75, 3.05) is 27.0 Å². The molecular formula is C7H15O6P. The van der Waals surface area contributed by atoms with Gasteiger partial charge >= 0.3 is 13.6 Å². The third-order valence-corrected chi connectivity index (χ3v) is 2.93. The molecule has 0 heterocycles. The second-order valence-electron chi connectivity index (χ2n) is 3.21. The van der Waals surface area contributed by atoms with Crippen molar-refractivity contribution in [1.82, 2.24) is 0 Å². The second kappa shape index (κ2) is 4.89. The molecule has 84 valence electrons. The van der Waals surface area contributed by atoms with Crippen LogP contribution in [0.4, 0.5) is 0 Å². The Bertz CT molecular complexity index is 247. The van der Waals surface area contributed by atoms with Crippen LogP contribution in [0.1, 0.15) is 6.92 Å². The first-order chi connectivity index (χ1) is 6.31. The number of hydrogen-bond donors (Lipinski definition) is 2. The highest BCUT2D eigenvalue weighted by atomic mass is 31.2. The molecule has 0 aliphatic rings. The Labute approximate surface area is 82.4 Å². The summed E-state index contributed by atoms with van der Waals surface area (Å²) in [4.78, 5) is 11.3. The summed E-state index contributed by atoms with van der Waals surface area (Å²) in [5.74, 6) is -0.949. The van der Waals surface area contributed by atoms with Gasteiger partial charge in [-0.05, 0) is 6.92 Å². The summed E-state index contributed by atoms with van der Waals surface area (Å²) in [6, 6.07) is 0. The number of aliphatic hydroxyl groups excluding tert-OH is 2. The summed E-state index contributed by atoms with van der Waals surface area (Å²) in [5, 5.41) is 17.7. The molecule has 0 amide bonds. The highest BCUT2D eigenvalue weighted by molar-refractivity contribution is 7.53. The molecule has 0 saturated carbocycles. The minimum Gasteiger partial charge on any atom is -0.395 e. The smallest absolute Gasteiger partial charge is 0.378 e. The van der Waals surface area contributed by atoms with E-state index in [-0.39, 0.29) is 0 Å². The van der Waals surface area contributed by atoms with Crippen molar-refractivity contribution in [3.05, 3.63) is 0 Å². The van der Waals surface area contributed by atoms with Gasteiger partial charge in [-0.1, -0.05) is 0 Å². The van der Waals surface area contributed by atoms with Crippen LogP contribution in [0.15, 0.2) is 0 Å². The zero-order chi connectivity index (χ0) is 11.4. The highest BCUT2D eigenvalue weighted by Gasteiger charge is 2.37. The summed E-state index contributed by atoms with van der Waals surface area (Å²) in [6.07, 6.45) is 0. The van der Waals surface area contributed by atoms with Gasteiger partial charge in [0.2, 0.25) is 0 Å². The Morgan fingerprint density at radius 3 is 2.14 bits per heavy atom. The molecular weight excluding hydrogens is 211 g/mol. The van der Waals surface area contributed by atoms with Gasteiger partial charge in [-0.2, -0.15) is 0 Å². The third-order valence-electron chi connectivity index (χ3n) is 1.77. The molecule has 0 aromatic heterocycles. The molecule has 7 heteroatoms. The van der Waals surface area contributed by atoms with E-state index in [0.717, 1.165) is 13.8 Å². The van der Waals surface area contributed by atoms with Crippen LogP contribution in [0.25, 0.3) is 0 Å². The van der Waals surface area contributed by atoms with E-state index in [1.807, 2.05) is 0 Å². The maximum absolute atomic E-state index is 11.3. The molecule has 6 nitrogen and oxygen atoms in total. The first-order valence-electron chi connectivity index (χ1n) is 3.90. The normalized spacial score (nSPS) is 16.1. The predicted octanol–water partition coefficient (Wildman–Crippen LogP) is -0.0102. The van der Waals surface area contributed by atoms with Gasteiger partial charge in [-0.15, -0.1) is 0 Å². The van der Waals surface area contributed by atoms with Crippen LogP contribution in [0, 0.1) is 5.41 Å². The van der Waals surface area contributed by atoms with Crippen LogP contribution in [-0.2, 0) is 18.4 Å². The monoisotopic (exact) mass is 226 g/mol. The van der Waals surface area contributed by atoms with E-state index in [9.17, 15) is 9.36 Å². The molecule has 0 spiro atoms. The van der Waals surface area contributed by atoms with E-state index >= 15 is 0 Å². The molecule has 0 aromatic carbocycles. The summed E-state index contributed by atoms with van der Waals surface area (Å²) in [5.41, 5.74) is -1.45. The van der Waals surface area contributed by atoms with Crippen molar-refractivity contribution in [2.24, 2.45) is 5.41 Å². The molecule has 0 aromatic rings. The summed E-state index contributed by atoms with van der Waals surface area (Å²) in [6.45, 7) is 1.24. The van der Waals surface area contributed by atoms with Crippen LogP contribution in [-0.4, -0.2) is 43.2 Å². The van der Waals surface area contributed by atoms with E-state index in [1.54, 1.807) is 0 Å². The van der Waals surface area contributed by atoms with E-state index in [4.69, 9.17) is 10.2 Å². The lowest BCUT2D eigenvalue weighted by molar-refractivity contribution is -0.150. The van der Waals surface area contributed by atoms with Gasteiger partial charge in [0, 0.05) is 13.8 Å². The Morgan fingerprint density at radius 2 is 1.86 bits per heavy atom. The minimum absolute atomic E-state index is 0.591. The Morgan fingerprint density at radius 1 is 1.43 bits per heavy atom. The van der Waals surface area contributed by atoms with Crippen molar-refractivity contribution in [3.63, 3.8) is 0 Å². The van der Waals surface area contributed by atoms with Gasteiger partial charge in [0.15, 0.2) is 0 Å². The SMILES string of the molecule is COP(C)(=O)OC(=O)C(C)(CO)CO. The second-order valence-corrected chi connectivity index (χ2v) is 5.30. The van der Waals surface area contributed by atoms with Gasteiger partial charge < -0.3 is 19.3 Å². The van der Waals surface area contributed by atoms with Crippen molar-refractivity contribution in [2.45, 2.75) is 6.92 Å². The lowest BCUT2D eigenvalue weighted by Crippen LogP contribution is -2.36. The molecule has 0 aliphatic carbocycles. The largest absolute Gasteiger partial charge is 0.395 e. The Hall–Kier alpha value is -0.420. The number of rotatable bonds is 5. The maximum Gasteiger partial charge on any atom is 0.378 e. The first kappa shape index (κ1) is 13.6. The lowest BCUT2D eigenvalue weighted by Gasteiger charge is -2.23. The molecule has 1 unspecified atom stereocenters. The molecule has 0 fully saturated rings. The number of hydrogen-bond acceptors (Lipinski definition) is 6. The summed E-state index contributed by atoms with van der Waals surface area (Å²) < 4.78 is 20.2. The number of carbonyl (C=O) groups is 1. The van der Waals surface area contributed by atoms with E-state index in [1.165, 1.54) is 6.92 Å². The zero-order valence-corrected chi connectivity index (χ0v) is 9.28. The number of carbonyl (C=O) groups excluding carboxylic acids is 1. The fourth-order valence-electron chi connectivity index (χ4n) is 0.477. The zero-order valence-electron chi connectivity index (χ0n) is 8.39. The molecule has 14 heavy (non-hydrogen) atoms. The number of aliphatic hydroxyl groups is 2. The molecule has 1 atom stereocenters. The highest BCUT2D eigenvalue weighted by Crippen LogP contribution is 2.44. The topological polar surface area (TPSA) is 93.1 Å². The van der Waals surface area contributed by atoms with Crippen molar-refractivity contribution in [3.8, 4) is 0 Å². The van der Waals surface area contributed by atoms with Crippen LogP contribution >= 0.6 is 7.60 Å². The first-order valence-corrected chi connectivity index (χ1v) is 5.89. The quantitative estimate of drug-likeness (QED) is 0.640. The van der Waals surface area contributed by atoms with Crippen LogP contribution < -0.4 is 0 Å². The van der Waals surface area contributed by atoms with Crippen LogP contribution in [0.2, 0.25) is 0 Å². The average Bonchev–Trinajstić information content (AvgIpc) is 2.16.